The summed E-state index contributed by atoms with van der Waals surface area (Å²) in [6.07, 6.45) is 1.18. The molecule has 0 bridgehead atoms. The standard InChI is InChI=1S/C13H16ClNO3S/c1-2-7-19(17,18)15-13(16)12-8-11(12)9-3-5-10(14)6-4-9/h3-6,11-12H,2,7-8H2,1H3,(H,15,16)/t11-,12-/m0/s1. The van der Waals surface area contributed by atoms with E-state index in [0.29, 0.717) is 17.9 Å². The number of hydrogen-bond donors (Lipinski definition) is 1. The molecule has 0 radical (unpaired) electrons. The lowest BCUT2D eigenvalue weighted by Gasteiger charge is -2.05. The number of benzene rings is 1. The van der Waals surface area contributed by atoms with Crippen molar-refractivity contribution < 1.29 is 13.2 Å². The summed E-state index contributed by atoms with van der Waals surface area (Å²) in [5.74, 6) is -0.549. The van der Waals surface area contributed by atoms with E-state index in [1.807, 2.05) is 12.1 Å². The highest BCUT2D eigenvalue weighted by atomic mass is 35.5. The van der Waals surface area contributed by atoms with Gasteiger partial charge in [0.1, 0.15) is 0 Å². The van der Waals surface area contributed by atoms with Gasteiger partial charge in [0.05, 0.1) is 5.75 Å². The zero-order chi connectivity index (χ0) is 14.0. The van der Waals surface area contributed by atoms with E-state index in [-0.39, 0.29) is 17.6 Å². The van der Waals surface area contributed by atoms with E-state index in [2.05, 4.69) is 4.72 Å². The second-order valence-corrected chi connectivity index (χ2v) is 7.06. The van der Waals surface area contributed by atoms with Gasteiger partial charge in [0, 0.05) is 10.9 Å². The third-order valence-electron chi connectivity index (χ3n) is 3.15. The molecule has 1 aliphatic rings. The molecule has 0 aromatic heterocycles. The Bertz CT molecular complexity index is 568. The highest BCUT2D eigenvalue weighted by molar-refractivity contribution is 7.90. The average molecular weight is 302 g/mol. The normalized spacial score (nSPS) is 22.0. The number of hydrogen-bond acceptors (Lipinski definition) is 3. The van der Waals surface area contributed by atoms with Crippen molar-refractivity contribution in [1.29, 1.82) is 0 Å². The third kappa shape index (κ3) is 3.70. The van der Waals surface area contributed by atoms with Crippen LogP contribution in [0.3, 0.4) is 0 Å². The highest BCUT2D eigenvalue weighted by Crippen LogP contribution is 2.47. The van der Waals surface area contributed by atoms with Gasteiger partial charge in [-0.05, 0) is 36.5 Å². The van der Waals surface area contributed by atoms with Crippen LogP contribution in [0.2, 0.25) is 5.02 Å². The van der Waals surface area contributed by atoms with Crippen molar-refractivity contribution in [3.63, 3.8) is 0 Å². The van der Waals surface area contributed by atoms with Crippen LogP contribution in [-0.2, 0) is 14.8 Å². The van der Waals surface area contributed by atoms with E-state index in [1.54, 1.807) is 19.1 Å². The largest absolute Gasteiger partial charge is 0.274 e. The maximum Gasteiger partial charge on any atom is 0.237 e. The number of amides is 1. The van der Waals surface area contributed by atoms with Gasteiger partial charge < -0.3 is 0 Å². The van der Waals surface area contributed by atoms with E-state index in [4.69, 9.17) is 11.6 Å². The minimum absolute atomic E-state index is 0.0168. The summed E-state index contributed by atoms with van der Waals surface area (Å²) < 4.78 is 25.2. The van der Waals surface area contributed by atoms with Crippen molar-refractivity contribution in [3.05, 3.63) is 34.9 Å². The van der Waals surface area contributed by atoms with Crippen molar-refractivity contribution in [3.8, 4) is 0 Å². The third-order valence-corrected chi connectivity index (χ3v) is 4.86. The summed E-state index contributed by atoms with van der Waals surface area (Å²) in [6, 6.07) is 7.30. The summed E-state index contributed by atoms with van der Waals surface area (Å²) in [4.78, 5) is 11.8. The Morgan fingerprint density at radius 3 is 2.58 bits per heavy atom. The summed E-state index contributed by atoms with van der Waals surface area (Å²) in [5, 5.41) is 0.649. The molecule has 0 saturated heterocycles. The monoisotopic (exact) mass is 301 g/mol. The number of sulfonamides is 1. The van der Waals surface area contributed by atoms with Crippen LogP contribution in [0.4, 0.5) is 0 Å². The molecule has 0 heterocycles. The summed E-state index contributed by atoms with van der Waals surface area (Å²) >= 11 is 5.80. The Balaban J connectivity index is 1.96. The van der Waals surface area contributed by atoms with Crippen LogP contribution in [0.15, 0.2) is 24.3 Å². The predicted octanol–water partition coefficient (Wildman–Crippen LogP) is 2.30. The van der Waals surface area contributed by atoms with Gasteiger partial charge in [-0.3, -0.25) is 9.52 Å². The molecule has 1 N–H and O–H groups in total. The number of carbonyl (C=O) groups is 1. The maximum absolute atomic E-state index is 11.8. The fraction of sp³-hybridized carbons (Fsp3) is 0.462. The van der Waals surface area contributed by atoms with Crippen LogP contribution in [0.25, 0.3) is 0 Å². The number of nitrogens with one attached hydrogen (secondary N) is 1. The minimum Gasteiger partial charge on any atom is -0.274 e. The first-order valence-corrected chi connectivity index (χ1v) is 8.26. The van der Waals surface area contributed by atoms with Crippen molar-refractivity contribution in [2.24, 2.45) is 5.92 Å². The van der Waals surface area contributed by atoms with Gasteiger partial charge >= 0.3 is 0 Å². The average Bonchev–Trinajstić information content (AvgIpc) is 3.09. The molecule has 1 aromatic rings. The lowest BCUT2D eigenvalue weighted by Crippen LogP contribution is -2.33. The Kier molecular flexibility index (Phi) is 4.16. The highest BCUT2D eigenvalue weighted by Gasteiger charge is 2.44. The fourth-order valence-corrected chi connectivity index (χ4v) is 3.34. The van der Waals surface area contributed by atoms with Crippen molar-refractivity contribution >= 4 is 27.5 Å². The number of halogens is 1. The summed E-state index contributed by atoms with van der Waals surface area (Å²) in [7, 11) is -3.47. The maximum atomic E-state index is 11.8. The molecular weight excluding hydrogens is 286 g/mol. The smallest absolute Gasteiger partial charge is 0.237 e. The van der Waals surface area contributed by atoms with Gasteiger partial charge in [0.25, 0.3) is 0 Å². The molecule has 104 valence electrons. The lowest BCUT2D eigenvalue weighted by molar-refractivity contribution is -0.120. The van der Waals surface area contributed by atoms with Crippen LogP contribution >= 0.6 is 11.6 Å². The molecule has 0 spiro atoms. The summed E-state index contributed by atoms with van der Waals surface area (Å²) in [6.45, 7) is 1.76. The fourth-order valence-electron chi connectivity index (χ4n) is 2.11. The molecule has 0 aliphatic heterocycles. The Morgan fingerprint density at radius 2 is 2.00 bits per heavy atom. The van der Waals surface area contributed by atoms with Gasteiger partial charge in [0.2, 0.25) is 15.9 Å². The Labute approximate surface area is 118 Å². The molecule has 2 rings (SSSR count). The van der Waals surface area contributed by atoms with Crippen LogP contribution < -0.4 is 4.72 Å². The quantitative estimate of drug-likeness (QED) is 0.907. The lowest BCUT2D eigenvalue weighted by atomic mass is 10.1. The van der Waals surface area contributed by atoms with E-state index in [9.17, 15) is 13.2 Å². The molecule has 1 aromatic carbocycles. The second kappa shape index (κ2) is 5.51. The van der Waals surface area contributed by atoms with Gasteiger partial charge in [-0.2, -0.15) is 0 Å². The van der Waals surface area contributed by atoms with Crippen molar-refractivity contribution in [2.75, 3.05) is 5.75 Å². The van der Waals surface area contributed by atoms with E-state index in [0.717, 1.165) is 5.56 Å². The van der Waals surface area contributed by atoms with Crippen molar-refractivity contribution in [2.45, 2.75) is 25.7 Å². The zero-order valence-corrected chi connectivity index (χ0v) is 12.2. The van der Waals surface area contributed by atoms with Gasteiger partial charge in [0.15, 0.2) is 0 Å². The molecule has 2 atom stereocenters. The first-order chi connectivity index (χ1) is 8.93. The molecule has 0 unspecified atom stereocenters. The molecule has 1 saturated carbocycles. The van der Waals surface area contributed by atoms with Gasteiger partial charge in [-0.1, -0.05) is 30.7 Å². The number of rotatable bonds is 5. The van der Waals surface area contributed by atoms with Gasteiger partial charge in [-0.15, -0.1) is 0 Å². The van der Waals surface area contributed by atoms with Gasteiger partial charge in [-0.25, -0.2) is 8.42 Å². The molecule has 1 aliphatic carbocycles. The van der Waals surface area contributed by atoms with E-state index >= 15 is 0 Å². The Hall–Kier alpha value is -1.07. The SMILES string of the molecule is CCCS(=O)(=O)NC(=O)[C@H]1C[C@H]1c1ccc(Cl)cc1. The molecule has 1 amide bonds. The van der Waals surface area contributed by atoms with Crippen LogP contribution in [0, 0.1) is 5.92 Å². The first kappa shape index (κ1) is 14.3. The van der Waals surface area contributed by atoms with E-state index in [1.165, 1.54) is 0 Å². The molecule has 19 heavy (non-hydrogen) atoms. The topological polar surface area (TPSA) is 63.2 Å². The summed E-state index contributed by atoms with van der Waals surface area (Å²) in [5.41, 5.74) is 1.03. The first-order valence-electron chi connectivity index (χ1n) is 6.22. The minimum atomic E-state index is -3.47. The second-order valence-electron chi connectivity index (χ2n) is 4.79. The van der Waals surface area contributed by atoms with Crippen molar-refractivity contribution in [1.82, 2.24) is 4.72 Å². The molecular formula is C13H16ClNO3S. The molecule has 6 heteroatoms. The van der Waals surface area contributed by atoms with E-state index < -0.39 is 15.9 Å². The molecule has 4 nitrogen and oxygen atoms in total. The van der Waals surface area contributed by atoms with Crippen LogP contribution in [-0.4, -0.2) is 20.1 Å². The number of carbonyl (C=O) groups excluding carboxylic acids is 1. The van der Waals surface area contributed by atoms with Crippen LogP contribution in [0.5, 0.6) is 0 Å². The molecule has 1 fully saturated rings. The van der Waals surface area contributed by atoms with Crippen LogP contribution in [0.1, 0.15) is 31.2 Å². The predicted molar refractivity (Wildman–Crippen MR) is 74.5 cm³/mol. The zero-order valence-electron chi connectivity index (χ0n) is 10.6. The Morgan fingerprint density at radius 1 is 1.37 bits per heavy atom.